The molecule has 100 valence electrons. The number of carboxylic acids is 1. The van der Waals surface area contributed by atoms with Gasteiger partial charge in [-0.15, -0.1) is 0 Å². The van der Waals surface area contributed by atoms with Gasteiger partial charge in [-0.1, -0.05) is 63.2 Å². The number of fused-ring (bicyclic) bond motifs is 1. The van der Waals surface area contributed by atoms with Crippen molar-refractivity contribution in [2.24, 2.45) is 11.3 Å². The van der Waals surface area contributed by atoms with Crippen molar-refractivity contribution in [2.75, 3.05) is 0 Å². The fourth-order valence-electron chi connectivity index (χ4n) is 2.45. The van der Waals surface area contributed by atoms with Crippen LogP contribution in [0.15, 0.2) is 42.5 Å². The molecule has 2 nitrogen and oxygen atoms in total. The Hall–Kier alpha value is -1.83. The minimum absolute atomic E-state index is 0.247. The van der Waals surface area contributed by atoms with Gasteiger partial charge < -0.3 is 5.11 Å². The zero-order valence-electron chi connectivity index (χ0n) is 11.7. The van der Waals surface area contributed by atoms with Crippen LogP contribution in [0.2, 0.25) is 0 Å². The summed E-state index contributed by atoms with van der Waals surface area (Å²) in [4.78, 5) is 11.5. The smallest absolute Gasteiger partial charge is 0.307 e. The summed E-state index contributed by atoms with van der Waals surface area (Å²) < 4.78 is 0. The molecular weight excluding hydrogens is 236 g/mol. The molecule has 0 aliphatic heterocycles. The fourth-order valence-corrected chi connectivity index (χ4v) is 2.45. The van der Waals surface area contributed by atoms with Crippen molar-refractivity contribution >= 4 is 16.7 Å². The molecule has 0 fully saturated rings. The van der Waals surface area contributed by atoms with E-state index >= 15 is 0 Å². The average molecular weight is 256 g/mol. The Bertz CT molecular complexity index is 588. The number of carboxylic acid groups (broad SMARTS) is 1. The van der Waals surface area contributed by atoms with Crippen LogP contribution in [-0.4, -0.2) is 11.1 Å². The zero-order valence-corrected chi connectivity index (χ0v) is 11.7. The van der Waals surface area contributed by atoms with Crippen molar-refractivity contribution in [3.05, 3.63) is 48.0 Å². The largest absolute Gasteiger partial charge is 0.481 e. The molecule has 19 heavy (non-hydrogen) atoms. The molecule has 1 atom stereocenters. The van der Waals surface area contributed by atoms with Gasteiger partial charge in [-0.3, -0.25) is 4.79 Å². The highest BCUT2D eigenvalue weighted by Gasteiger charge is 2.31. The lowest BCUT2D eigenvalue weighted by atomic mass is 9.77. The topological polar surface area (TPSA) is 37.3 Å². The number of carbonyl (C=O) groups is 1. The monoisotopic (exact) mass is 256 g/mol. The van der Waals surface area contributed by atoms with Crippen LogP contribution in [0, 0.1) is 11.3 Å². The van der Waals surface area contributed by atoms with Gasteiger partial charge in [0, 0.05) is 0 Å². The number of hydrogen-bond donors (Lipinski definition) is 1. The Morgan fingerprint density at radius 1 is 1.11 bits per heavy atom. The van der Waals surface area contributed by atoms with E-state index in [-0.39, 0.29) is 11.3 Å². The van der Waals surface area contributed by atoms with Gasteiger partial charge in [0.1, 0.15) is 0 Å². The summed E-state index contributed by atoms with van der Waals surface area (Å²) in [7, 11) is 0. The highest BCUT2D eigenvalue weighted by atomic mass is 16.4. The first kappa shape index (κ1) is 13.6. The van der Waals surface area contributed by atoms with Gasteiger partial charge in [0.05, 0.1) is 5.92 Å². The maximum atomic E-state index is 11.5. The Labute approximate surface area is 114 Å². The van der Waals surface area contributed by atoms with Crippen LogP contribution in [-0.2, 0) is 11.2 Å². The van der Waals surface area contributed by atoms with Crippen LogP contribution < -0.4 is 0 Å². The van der Waals surface area contributed by atoms with Crippen molar-refractivity contribution in [1.29, 1.82) is 0 Å². The summed E-state index contributed by atoms with van der Waals surface area (Å²) in [6, 6.07) is 14.2. The normalized spacial score (nSPS) is 13.4. The van der Waals surface area contributed by atoms with Crippen LogP contribution in [0.4, 0.5) is 0 Å². The lowest BCUT2D eigenvalue weighted by Gasteiger charge is -2.27. The molecule has 2 aromatic rings. The second-order valence-electron chi connectivity index (χ2n) is 6.10. The van der Waals surface area contributed by atoms with E-state index in [1.807, 2.05) is 45.0 Å². The molecule has 0 saturated carbocycles. The molecule has 0 aromatic heterocycles. The van der Waals surface area contributed by atoms with E-state index in [1.165, 1.54) is 0 Å². The molecule has 2 rings (SSSR count). The van der Waals surface area contributed by atoms with Gasteiger partial charge in [0.15, 0.2) is 0 Å². The van der Waals surface area contributed by atoms with E-state index in [9.17, 15) is 9.90 Å². The molecule has 0 saturated heterocycles. The number of hydrogen-bond acceptors (Lipinski definition) is 1. The highest BCUT2D eigenvalue weighted by molar-refractivity contribution is 5.86. The van der Waals surface area contributed by atoms with Crippen molar-refractivity contribution in [3.8, 4) is 0 Å². The number of benzene rings is 2. The van der Waals surface area contributed by atoms with Gasteiger partial charge in [-0.2, -0.15) is 0 Å². The van der Waals surface area contributed by atoms with E-state index in [1.54, 1.807) is 0 Å². The van der Waals surface area contributed by atoms with Crippen LogP contribution in [0.25, 0.3) is 10.8 Å². The van der Waals surface area contributed by atoms with Gasteiger partial charge >= 0.3 is 5.97 Å². The Morgan fingerprint density at radius 2 is 1.74 bits per heavy atom. The number of aliphatic carboxylic acids is 1. The third-order valence-electron chi connectivity index (χ3n) is 3.65. The molecule has 0 heterocycles. The Balaban J connectivity index is 2.42. The predicted molar refractivity (Wildman–Crippen MR) is 78.2 cm³/mol. The molecule has 0 radical (unpaired) electrons. The maximum Gasteiger partial charge on any atom is 0.307 e. The van der Waals surface area contributed by atoms with E-state index in [0.717, 1.165) is 16.3 Å². The van der Waals surface area contributed by atoms with E-state index in [4.69, 9.17) is 0 Å². The van der Waals surface area contributed by atoms with Gasteiger partial charge in [-0.25, -0.2) is 0 Å². The Kier molecular flexibility index (Phi) is 3.61. The minimum atomic E-state index is -0.722. The summed E-state index contributed by atoms with van der Waals surface area (Å²) in [5.41, 5.74) is 0.864. The molecule has 1 unspecified atom stereocenters. The summed E-state index contributed by atoms with van der Waals surface area (Å²) in [5, 5.41) is 11.8. The Morgan fingerprint density at radius 3 is 2.37 bits per heavy atom. The summed E-state index contributed by atoms with van der Waals surface area (Å²) in [5.74, 6) is -1.10. The second kappa shape index (κ2) is 5.04. The first-order valence-electron chi connectivity index (χ1n) is 6.59. The number of rotatable bonds is 3. The first-order valence-corrected chi connectivity index (χ1v) is 6.59. The van der Waals surface area contributed by atoms with Gasteiger partial charge in [0.25, 0.3) is 0 Å². The van der Waals surface area contributed by atoms with E-state index < -0.39 is 5.97 Å². The average Bonchev–Trinajstić information content (AvgIpc) is 2.34. The SMILES string of the molecule is CC(C)(C)C(Cc1cccc2ccccc12)C(=O)O. The van der Waals surface area contributed by atoms with Crippen molar-refractivity contribution < 1.29 is 9.90 Å². The molecule has 0 bridgehead atoms. The standard InChI is InChI=1S/C17H20O2/c1-17(2,3)15(16(18)19)11-13-9-6-8-12-7-4-5-10-14(12)13/h4-10,15H,11H2,1-3H3,(H,18,19). The van der Waals surface area contributed by atoms with E-state index in [0.29, 0.717) is 6.42 Å². The van der Waals surface area contributed by atoms with Crippen LogP contribution in [0.5, 0.6) is 0 Å². The van der Waals surface area contributed by atoms with Gasteiger partial charge in [0.2, 0.25) is 0 Å². The molecule has 0 aliphatic rings. The van der Waals surface area contributed by atoms with Gasteiger partial charge in [-0.05, 0) is 28.2 Å². The molecule has 1 N–H and O–H groups in total. The molecule has 0 spiro atoms. The molecule has 2 heteroatoms. The van der Waals surface area contributed by atoms with Crippen LogP contribution >= 0.6 is 0 Å². The third kappa shape index (κ3) is 2.95. The third-order valence-corrected chi connectivity index (χ3v) is 3.65. The fraction of sp³-hybridized carbons (Fsp3) is 0.353. The lowest BCUT2D eigenvalue weighted by Crippen LogP contribution is -2.30. The van der Waals surface area contributed by atoms with Crippen molar-refractivity contribution in [3.63, 3.8) is 0 Å². The quantitative estimate of drug-likeness (QED) is 0.896. The minimum Gasteiger partial charge on any atom is -0.481 e. The van der Waals surface area contributed by atoms with E-state index in [2.05, 4.69) is 18.2 Å². The molecule has 0 amide bonds. The molecule has 2 aromatic carbocycles. The summed E-state index contributed by atoms with van der Waals surface area (Å²) in [6.07, 6.45) is 0.570. The predicted octanol–water partition coefficient (Wildman–Crippen LogP) is 4.13. The van der Waals surface area contributed by atoms with Crippen molar-refractivity contribution in [2.45, 2.75) is 27.2 Å². The van der Waals surface area contributed by atoms with Crippen molar-refractivity contribution in [1.82, 2.24) is 0 Å². The second-order valence-corrected chi connectivity index (χ2v) is 6.10. The van der Waals surface area contributed by atoms with Crippen LogP contribution in [0.3, 0.4) is 0 Å². The summed E-state index contributed by atoms with van der Waals surface area (Å²) in [6.45, 7) is 5.95. The highest BCUT2D eigenvalue weighted by Crippen LogP contribution is 2.31. The molecular formula is C17H20O2. The first-order chi connectivity index (χ1) is 8.89. The zero-order chi connectivity index (χ0) is 14.0. The maximum absolute atomic E-state index is 11.5. The lowest BCUT2D eigenvalue weighted by molar-refractivity contribution is -0.145. The van der Waals surface area contributed by atoms with Crippen LogP contribution in [0.1, 0.15) is 26.3 Å². The molecule has 0 aliphatic carbocycles. The summed E-state index contributed by atoms with van der Waals surface area (Å²) >= 11 is 0.